The Morgan fingerprint density at radius 3 is 1.68 bits per heavy atom. The highest BCUT2D eigenvalue weighted by Gasteiger charge is 2.19. The zero-order valence-corrected chi connectivity index (χ0v) is 25.1. The highest BCUT2D eigenvalue weighted by Crippen LogP contribution is 2.43. The molecule has 9 aromatic rings. The predicted octanol–water partition coefficient (Wildman–Crippen LogP) is 11.3. The van der Waals surface area contributed by atoms with Gasteiger partial charge in [-0.15, -0.1) is 22.7 Å². The highest BCUT2D eigenvalue weighted by molar-refractivity contribution is 7.26. The van der Waals surface area contributed by atoms with Crippen LogP contribution < -0.4 is 0 Å². The molecule has 0 aliphatic rings. The van der Waals surface area contributed by atoms with Gasteiger partial charge in [0.15, 0.2) is 17.5 Å². The van der Waals surface area contributed by atoms with Crippen molar-refractivity contribution in [1.29, 1.82) is 0 Å². The van der Waals surface area contributed by atoms with Gasteiger partial charge in [-0.05, 0) is 53.6 Å². The summed E-state index contributed by atoms with van der Waals surface area (Å²) in [6.45, 7) is 0. The highest BCUT2D eigenvalue weighted by atomic mass is 32.1. The second-order valence-corrected chi connectivity index (χ2v) is 13.0. The van der Waals surface area contributed by atoms with Crippen molar-refractivity contribution in [2.75, 3.05) is 0 Å². The number of nitrogens with zero attached hydrogens (tertiary/aromatic N) is 3. The lowest BCUT2D eigenvalue weighted by atomic mass is 9.98. The third kappa shape index (κ3) is 4.21. The van der Waals surface area contributed by atoms with E-state index in [1.807, 2.05) is 40.9 Å². The number of benzene rings is 6. The minimum absolute atomic E-state index is 0.665. The maximum Gasteiger partial charge on any atom is 0.164 e. The van der Waals surface area contributed by atoms with E-state index < -0.39 is 0 Å². The first-order chi connectivity index (χ1) is 21.8. The van der Waals surface area contributed by atoms with Crippen molar-refractivity contribution in [3.05, 3.63) is 140 Å². The average molecular weight is 598 g/mol. The monoisotopic (exact) mass is 597 g/mol. The van der Waals surface area contributed by atoms with Gasteiger partial charge in [0.05, 0.1) is 0 Å². The molecule has 0 aliphatic carbocycles. The Morgan fingerprint density at radius 2 is 0.909 bits per heavy atom. The fourth-order valence-corrected chi connectivity index (χ4v) is 8.29. The molecule has 0 amide bonds. The average Bonchev–Trinajstić information content (AvgIpc) is 3.66. The molecule has 6 aromatic carbocycles. The Labute approximate surface area is 261 Å². The number of hydrogen-bond donors (Lipinski definition) is 0. The van der Waals surface area contributed by atoms with Gasteiger partial charge in [-0.25, -0.2) is 15.0 Å². The number of fused-ring (bicyclic) bond motifs is 6. The molecule has 0 bridgehead atoms. The lowest BCUT2D eigenvalue weighted by Gasteiger charge is -2.12. The number of rotatable bonds is 4. The molecule has 44 heavy (non-hydrogen) atoms. The van der Waals surface area contributed by atoms with Crippen molar-refractivity contribution >= 4 is 63.0 Å². The Bertz CT molecular complexity index is 2500. The van der Waals surface area contributed by atoms with Crippen molar-refractivity contribution < 1.29 is 0 Å². The van der Waals surface area contributed by atoms with Crippen LogP contribution in [0.4, 0.5) is 0 Å². The minimum atomic E-state index is 0.665. The summed E-state index contributed by atoms with van der Waals surface area (Å²) < 4.78 is 5.01. The number of thiophene rings is 2. The Kier molecular flexibility index (Phi) is 5.86. The van der Waals surface area contributed by atoms with Crippen molar-refractivity contribution in [3.8, 4) is 45.3 Å². The van der Waals surface area contributed by atoms with Crippen molar-refractivity contribution in [1.82, 2.24) is 15.0 Å². The van der Waals surface area contributed by atoms with Crippen molar-refractivity contribution in [2.24, 2.45) is 0 Å². The normalized spacial score (nSPS) is 11.6. The van der Waals surface area contributed by atoms with Gasteiger partial charge in [-0.1, -0.05) is 97.1 Å². The van der Waals surface area contributed by atoms with Crippen LogP contribution in [0.5, 0.6) is 0 Å². The van der Waals surface area contributed by atoms with Crippen molar-refractivity contribution in [3.63, 3.8) is 0 Å². The molecule has 0 saturated heterocycles. The lowest BCUT2D eigenvalue weighted by molar-refractivity contribution is 1.08. The zero-order chi connectivity index (χ0) is 29.0. The summed E-state index contributed by atoms with van der Waals surface area (Å²) >= 11 is 3.63. The smallest absolute Gasteiger partial charge is 0.164 e. The summed E-state index contributed by atoms with van der Waals surface area (Å²) in [5.41, 5.74) is 5.27. The first-order valence-corrected chi connectivity index (χ1v) is 16.2. The standard InChI is InChI=1S/C39H23N3S2/c1-3-11-24(12-4-1)27-22-31(36-29-16-8-10-18-33(29)44-35(36)23-27)39-41-37(25-13-5-2-6-14-25)40-38(42-39)26-19-20-34-30(21-26)28-15-7-9-17-32(28)43-34/h1-23H. The Morgan fingerprint density at radius 1 is 0.341 bits per heavy atom. The molecule has 0 spiro atoms. The SMILES string of the molecule is c1ccc(-c2cc(-c3nc(-c4ccccc4)nc(-c4ccc5sc6ccccc6c5c4)n3)c3c(c2)sc2ccccc23)cc1. The molecule has 3 nitrogen and oxygen atoms in total. The quantitative estimate of drug-likeness (QED) is 0.203. The van der Waals surface area contributed by atoms with E-state index in [2.05, 4.69) is 121 Å². The fraction of sp³-hybridized carbons (Fsp3) is 0. The van der Waals surface area contributed by atoms with Crippen LogP contribution in [0.1, 0.15) is 0 Å². The van der Waals surface area contributed by atoms with Gasteiger partial charge in [-0.3, -0.25) is 0 Å². The van der Waals surface area contributed by atoms with Crippen LogP contribution in [0.2, 0.25) is 0 Å². The van der Waals surface area contributed by atoms with Crippen LogP contribution >= 0.6 is 22.7 Å². The van der Waals surface area contributed by atoms with E-state index in [4.69, 9.17) is 15.0 Å². The molecular formula is C39H23N3S2. The number of hydrogen-bond acceptors (Lipinski definition) is 5. The lowest BCUT2D eigenvalue weighted by Crippen LogP contribution is -2.00. The van der Waals surface area contributed by atoms with Crippen LogP contribution in [0.3, 0.4) is 0 Å². The molecule has 5 heteroatoms. The Balaban J connectivity index is 1.34. The summed E-state index contributed by atoms with van der Waals surface area (Å²) in [6.07, 6.45) is 0. The van der Waals surface area contributed by atoms with Crippen molar-refractivity contribution in [2.45, 2.75) is 0 Å². The van der Waals surface area contributed by atoms with E-state index in [1.54, 1.807) is 0 Å². The molecule has 0 aliphatic heterocycles. The predicted molar refractivity (Wildman–Crippen MR) is 187 cm³/mol. The molecule has 206 valence electrons. The molecule has 0 atom stereocenters. The molecule has 0 unspecified atom stereocenters. The molecule has 0 fully saturated rings. The van der Waals surface area contributed by atoms with E-state index in [0.29, 0.717) is 17.5 Å². The molecular weight excluding hydrogens is 575 g/mol. The van der Waals surface area contributed by atoms with E-state index in [-0.39, 0.29) is 0 Å². The van der Waals surface area contributed by atoms with Gasteiger partial charge in [0, 0.05) is 57.0 Å². The summed E-state index contributed by atoms with van der Waals surface area (Å²) in [4.78, 5) is 15.5. The zero-order valence-electron chi connectivity index (χ0n) is 23.4. The summed E-state index contributed by atoms with van der Waals surface area (Å²) in [6, 6.07) is 49.1. The van der Waals surface area contributed by atoms with E-state index in [0.717, 1.165) is 22.3 Å². The molecule has 3 heterocycles. The molecule has 3 aromatic heterocycles. The van der Waals surface area contributed by atoms with Gasteiger partial charge < -0.3 is 0 Å². The van der Waals surface area contributed by atoms with Crippen LogP contribution in [0, 0.1) is 0 Å². The topological polar surface area (TPSA) is 38.7 Å². The second-order valence-electron chi connectivity index (χ2n) is 10.8. The molecule has 0 N–H and O–H groups in total. The maximum absolute atomic E-state index is 5.23. The number of aromatic nitrogens is 3. The third-order valence-corrected chi connectivity index (χ3v) is 10.4. The second kappa shape index (κ2) is 10.2. The minimum Gasteiger partial charge on any atom is -0.208 e. The van der Waals surface area contributed by atoms with Gasteiger partial charge in [0.25, 0.3) is 0 Å². The first kappa shape index (κ1) is 25.3. The summed E-state index contributed by atoms with van der Waals surface area (Å²) in [7, 11) is 0. The summed E-state index contributed by atoms with van der Waals surface area (Å²) in [5, 5.41) is 4.88. The van der Waals surface area contributed by atoms with Gasteiger partial charge in [0.2, 0.25) is 0 Å². The van der Waals surface area contributed by atoms with Gasteiger partial charge in [-0.2, -0.15) is 0 Å². The maximum atomic E-state index is 5.23. The van der Waals surface area contributed by atoms with E-state index >= 15 is 0 Å². The van der Waals surface area contributed by atoms with Gasteiger partial charge >= 0.3 is 0 Å². The molecule has 0 saturated carbocycles. The van der Waals surface area contributed by atoms with E-state index in [1.165, 1.54) is 45.9 Å². The summed E-state index contributed by atoms with van der Waals surface area (Å²) in [5.74, 6) is 2.01. The van der Waals surface area contributed by atoms with Crippen LogP contribution in [0.15, 0.2) is 140 Å². The fourth-order valence-electron chi connectivity index (χ4n) is 6.04. The largest absolute Gasteiger partial charge is 0.208 e. The van der Waals surface area contributed by atoms with E-state index in [9.17, 15) is 0 Å². The van der Waals surface area contributed by atoms with Crippen LogP contribution in [0.25, 0.3) is 85.6 Å². The van der Waals surface area contributed by atoms with Crippen LogP contribution in [-0.4, -0.2) is 15.0 Å². The van der Waals surface area contributed by atoms with Gasteiger partial charge in [0.1, 0.15) is 0 Å². The molecule has 9 rings (SSSR count). The first-order valence-electron chi connectivity index (χ1n) is 14.5. The van der Waals surface area contributed by atoms with Crippen LogP contribution in [-0.2, 0) is 0 Å². The third-order valence-electron chi connectivity index (χ3n) is 8.13. The molecule has 0 radical (unpaired) electrons. The Hall–Kier alpha value is -5.23.